The van der Waals surface area contributed by atoms with Gasteiger partial charge in [-0.2, -0.15) is 0 Å². The van der Waals surface area contributed by atoms with E-state index in [-0.39, 0.29) is 0 Å². The Kier molecular flexibility index (Phi) is 2.75. The second kappa shape index (κ2) is 3.93. The number of hydrogen-bond donors (Lipinski definition) is 1. The first kappa shape index (κ1) is 11.2. The molecule has 1 aromatic carbocycles. The molecule has 0 aliphatic heterocycles. The number of aliphatic carboxylic acids is 1. The summed E-state index contributed by atoms with van der Waals surface area (Å²) in [5, 5.41) is 9.44. The number of carbonyl (C=O) groups is 1. The van der Waals surface area contributed by atoms with E-state index in [1.807, 2.05) is 31.2 Å². The molecule has 0 bridgehead atoms. The second-order valence-electron chi connectivity index (χ2n) is 4.94. The zero-order valence-electron chi connectivity index (χ0n) is 9.86. The number of rotatable bonds is 3. The Morgan fingerprint density at radius 1 is 1.50 bits per heavy atom. The predicted molar refractivity (Wildman–Crippen MR) is 63.5 cm³/mol. The Bertz CT molecular complexity index is 403. The van der Waals surface area contributed by atoms with E-state index in [1.165, 1.54) is 0 Å². The predicted octanol–water partition coefficient (Wildman–Crippen LogP) is 3.14. The van der Waals surface area contributed by atoms with Crippen molar-refractivity contribution in [3.8, 4) is 0 Å². The molecule has 0 saturated heterocycles. The van der Waals surface area contributed by atoms with Crippen LogP contribution in [0.1, 0.15) is 37.3 Å². The minimum absolute atomic E-state index is 0.580. The SMILES string of the molecule is CCC1CC(C(=O)O)(c2cccc(C)c2)C1. The van der Waals surface area contributed by atoms with Crippen molar-refractivity contribution in [3.05, 3.63) is 35.4 Å². The van der Waals surface area contributed by atoms with Gasteiger partial charge in [-0.25, -0.2) is 0 Å². The molecule has 86 valence electrons. The molecule has 1 aromatic rings. The minimum Gasteiger partial charge on any atom is -0.481 e. The molecule has 1 N–H and O–H groups in total. The molecule has 0 amide bonds. The summed E-state index contributed by atoms with van der Waals surface area (Å²) in [6.45, 7) is 4.14. The van der Waals surface area contributed by atoms with Crippen LogP contribution in [-0.4, -0.2) is 11.1 Å². The third-order valence-corrected chi connectivity index (χ3v) is 3.83. The van der Waals surface area contributed by atoms with Crippen molar-refractivity contribution in [3.63, 3.8) is 0 Å². The van der Waals surface area contributed by atoms with Crippen LogP contribution < -0.4 is 0 Å². The fourth-order valence-electron chi connectivity index (χ4n) is 2.69. The van der Waals surface area contributed by atoms with Crippen LogP contribution in [0.15, 0.2) is 24.3 Å². The largest absolute Gasteiger partial charge is 0.481 e. The molecule has 0 aromatic heterocycles. The molecule has 0 atom stereocenters. The van der Waals surface area contributed by atoms with E-state index in [0.29, 0.717) is 5.92 Å². The summed E-state index contributed by atoms with van der Waals surface area (Å²) in [4.78, 5) is 11.5. The lowest BCUT2D eigenvalue weighted by Gasteiger charge is -2.44. The molecule has 1 aliphatic carbocycles. The van der Waals surface area contributed by atoms with Gasteiger partial charge in [0.25, 0.3) is 0 Å². The summed E-state index contributed by atoms with van der Waals surface area (Å²) in [7, 11) is 0. The van der Waals surface area contributed by atoms with E-state index in [2.05, 4.69) is 6.92 Å². The van der Waals surface area contributed by atoms with E-state index in [1.54, 1.807) is 0 Å². The van der Waals surface area contributed by atoms with E-state index in [0.717, 1.165) is 30.4 Å². The molecular weight excluding hydrogens is 200 g/mol. The molecule has 1 saturated carbocycles. The fourth-order valence-corrected chi connectivity index (χ4v) is 2.69. The van der Waals surface area contributed by atoms with Gasteiger partial charge in [0.1, 0.15) is 0 Å². The van der Waals surface area contributed by atoms with Crippen molar-refractivity contribution < 1.29 is 9.90 Å². The van der Waals surface area contributed by atoms with Crippen LogP contribution in [0.2, 0.25) is 0 Å². The van der Waals surface area contributed by atoms with Crippen LogP contribution in [-0.2, 0) is 10.2 Å². The Labute approximate surface area is 96.3 Å². The molecule has 0 radical (unpaired) electrons. The van der Waals surface area contributed by atoms with Gasteiger partial charge < -0.3 is 5.11 Å². The van der Waals surface area contributed by atoms with Crippen molar-refractivity contribution in [1.29, 1.82) is 0 Å². The topological polar surface area (TPSA) is 37.3 Å². The number of carboxylic acids is 1. The number of hydrogen-bond acceptors (Lipinski definition) is 1. The van der Waals surface area contributed by atoms with Gasteiger partial charge in [-0.15, -0.1) is 0 Å². The molecule has 0 heterocycles. The Balaban J connectivity index is 2.32. The highest BCUT2D eigenvalue weighted by molar-refractivity contribution is 5.82. The molecule has 0 spiro atoms. The maximum atomic E-state index is 11.5. The highest BCUT2D eigenvalue weighted by atomic mass is 16.4. The number of aryl methyl sites for hydroxylation is 1. The Hall–Kier alpha value is -1.31. The highest BCUT2D eigenvalue weighted by Crippen LogP contribution is 2.49. The Morgan fingerprint density at radius 2 is 2.19 bits per heavy atom. The van der Waals surface area contributed by atoms with Gasteiger partial charge in [-0.05, 0) is 31.2 Å². The maximum Gasteiger partial charge on any atom is 0.314 e. The van der Waals surface area contributed by atoms with Crippen LogP contribution in [0, 0.1) is 12.8 Å². The fraction of sp³-hybridized carbons (Fsp3) is 0.500. The van der Waals surface area contributed by atoms with Gasteiger partial charge in [-0.3, -0.25) is 4.79 Å². The van der Waals surface area contributed by atoms with E-state index in [4.69, 9.17) is 0 Å². The summed E-state index contributed by atoms with van der Waals surface area (Å²) in [6, 6.07) is 7.93. The average molecular weight is 218 g/mol. The van der Waals surface area contributed by atoms with Crippen LogP contribution in [0.3, 0.4) is 0 Å². The monoisotopic (exact) mass is 218 g/mol. The third-order valence-electron chi connectivity index (χ3n) is 3.83. The summed E-state index contributed by atoms with van der Waals surface area (Å²) < 4.78 is 0. The van der Waals surface area contributed by atoms with Crippen LogP contribution in [0.4, 0.5) is 0 Å². The average Bonchev–Trinajstić information content (AvgIpc) is 2.16. The van der Waals surface area contributed by atoms with Crippen molar-refractivity contribution in [2.75, 3.05) is 0 Å². The van der Waals surface area contributed by atoms with Gasteiger partial charge in [0.15, 0.2) is 0 Å². The summed E-state index contributed by atoms with van der Waals surface area (Å²) in [6.07, 6.45) is 2.67. The van der Waals surface area contributed by atoms with Gasteiger partial charge in [0.2, 0.25) is 0 Å². The molecule has 16 heavy (non-hydrogen) atoms. The lowest BCUT2D eigenvalue weighted by atomic mass is 9.58. The van der Waals surface area contributed by atoms with Gasteiger partial charge in [0.05, 0.1) is 5.41 Å². The van der Waals surface area contributed by atoms with E-state index >= 15 is 0 Å². The van der Waals surface area contributed by atoms with Gasteiger partial charge >= 0.3 is 5.97 Å². The molecule has 1 aliphatic rings. The summed E-state index contributed by atoms with van der Waals surface area (Å²) >= 11 is 0. The van der Waals surface area contributed by atoms with Crippen molar-refractivity contribution >= 4 is 5.97 Å². The normalized spacial score (nSPS) is 28.5. The third kappa shape index (κ3) is 1.62. The molecule has 2 heteroatoms. The lowest BCUT2D eigenvalue weighted by molar-refractivity contribution is -0.149. The minimum atomic E-state index is -0.664. The first-order chi connectivity index (χ1) is 7.58. The molecule has 0 unspecified atom stereocenters. The zero-order chi connectivity index (χ0) is 11.8. The summed E-state index contributed by atoms with van der Waals surface area (Å²) in [5.74, 6) is -0.0839. The standard InChI is InChI=1S/C14H18O2/c1-3-11-8-14(9-11,13(15)16)12-6-4-5-10(2)7-12/h4-7,11H,3,8-9H2,1-2H3,(H,15,16). The zero-order valence-corrected chi connectivity index (χ0v) is 9.86. The van der Waals surface area contributed by atoms with E-state index < -0.39 is 11.4 Å². The first-order valence-corrected chi connectivity index (χ1v) is 5.89. The lowest BCUT2D eigenvalue weighted by Crippen LogP contribution is -2.47. The summed E-state index contributed by atoms with van der Waals surface area (Å²) in [5.41, 5.74) is 1.51. The van der Waals surface area contributed by atoms with Crippen molar-refractivity contribution in [2.24, 2.45) is 5.92 Å². The molecule has 2 nitrogen and oxygen atoms in total. The van der Waals surface area contributed by atoms with Gasteiger partial charge in [0, 0.05) is 0 Å². The van der Waals surface area contributed by atoms with Gasteiger partial charge in [-0.1, -0.05) is 43.2 Å². The van der Waals surface area contributed by atoms with Crippen molar-refractivity contribution in [1.82, 2.24) is 0 Å². The van der Waals surface area contributed by atoms with Crippen molar-refractivity contribution in [2.45, 2.75) is 38.5 Å². The molecular formula is C14H18O2. The smallest absolute Gasteiger partial charge is 0.314 e. The second-order valence-corrected chi connectivity index (χ2v) is 4.94. The van der Waals surface area contributed by atoms with Crippen LogP contribution in [0.5, 0.6) is 0 Å². The number of benzene rings is 1. The molecule has 1 fully saturated rings. The Morgan fingerprint density at radius 3 is 2.69 bits per heavy atom. The van der Waals surface area contributed by atoms with E-state index in [9.17, 15) is 9.90 Å². The van der Waals surface area contributed by atoms with Crippen LogP contribution >= 0.6 is 0 Å². The molecule has 2 rings (SSSR count). The highest BCUT2D eigenvalue weighted by Gasteiger charge is 2.50. The maximum absolute atomic E-state index is 11.5. The quantitative estimate of drug-likeness (QED) is 0.846. The van der Waals surface area contributed by atoms with Crippen LogP contribution in [0.25, 0.3) is 0 Å². The first-order valence-electron chi connectivity index (χ1n) is 5.89. The number of carboxylic acid groups (broad SMARTS) is 1.